The second-order valence-electron chi connectivity index (χ2n) is 6.54. The first kappa shape index (κ1) is 19.6. The zero-order valence-corrected chi connectivity index (χ0v) is 15.5. The van der Waals surface area contributed by atoms with Gasteiger partial charge in [0.25, 0.3) is 0 Å². The molecule has 148 valence electrons. The summed E-state index contributed by atoms with van der Waals surface area (Å²) >= 11 is 0. The first-order valence-electron chi connectivity index (χ1n) is 9.25. The van der Waals surface area contributed by atoms with Crippen molar-refractivity contribution < 1.29 is 9.59 Å². The molecule has 2 heterocycles. The van der Waals surface area contributed by atoms with Crippen LogP contribution in [0.2, 0.25) is 0 Å². The normalized spacial score (nSPS) is 17.6. The molecule has 9 heteroatoms. The Morgan fingerprint density at radius 2 is 2.11 bits per heavy atom. The highest BCUT2D eigenvalue weighted by molar-refractivity contribution is 5.88. The molecule has 1 aliphatic rings. The lowest BCUT2D eigenvalue weighted by Gasteiger charge is -2.33. The molecule has 0 bridgehead atoms. The van der Waals surface area contributed by atoms with Crippen molar-refractivity contribution in [3.05, 3.63) is 58.3 Å². The average molecular weight is 384 g/mol. The minimum atomic E-state index is -0.501. The van der Waals surface area contributed by atoms with E-state index >= 15 is 0 Å². The summed E-state index contributed by atoms with van der Waals surface area (Å²) in [4.78, 5) is 40.0. The molecule has 0 saturated carbocycles. The van der Waals surface area contributed by atoms with Crippen molar-refractivity contribution in [2.45, 2.75) is 18.9 Å². The second kappa shape index (κ2) is 9.65. The molecule has 1 fully saturated rings. The Hall–Kier alpha value is -3.20. The van der Waals surface area contributed by atoms with Gasteiger partial charge in [-0.05, 0) is 5.56 Å². The van der Waals surface area contributed by atoms with Crippen molar-refractivity contribution in [3.8, 4) is 0 Å². The molecule has 28 heavy (non-hydrogen) atoms. The third-order valence-corrected chi connectivity index (χ3v) is 4.50. The van der Waals surface area contributed by atoms with Gasteiger partial charge in [0.2, 0.25) is 11.8 Å². The van der Waals surface area contributed by atoms with Crippen molar-refractivity contribution in [1.29, 1.82) is 0 Å². The first-order chi connectivity index (χ1) is 13.6. The predicted octanol–water partition coefficient (Wildman–Crippen LogP) is -0.339. The molecule has 0 radical (unpaired) electrons. The summed E-state index contributed by atoms with van der Waals surface area (Å²) in [6.45, 7) is 2.19. The number of nitrogens with zero attached hydrogens (tertiary/aromatic N) is 2. The van der Waals surface area contributed by atoms with Gasteiger partial charge >= 0.3 is 5.69 Å². The van der Waals surface area contributed by atoms with Crippen LogP contribution in [0, 0.1) is 0 Å². The standard InChI is InChI=1S/C19H24N6O3/c26-17(20-9-8-16-22-19(28)24-23-16)13-15-18(27)21-10-12-25(15)11-4-7-14-5-2-1-3-6-14/h1-7,15H,8-13H2,(H,20,26)(H,21,27)(H2,22,23,24,28)/b7-4+/t15-/m0/s1. The van der Waals surface area contributed by atoms with Crippen molar-refractivity contribution in [2.75, 3.05) is 26.2 Å². The molecule has 2 aromatic rings. The van der Waals surface area contributed by atoms with Crippen LogP contribution < -0.4 is 16.3 Å². The molecule has 0 spiro atoms. The lowest BCUT2D eigenvalue weighted by Crippen LogP contribution is -2.56. The maximum Gasteiger partial charge on any atom is 0.340 e. The molecule has 1 aromatic carbocycles. The smallest absolute Gasteiger partial charge is 0.340 e. The molecular formula is C19H24N6O3. The Balaban J connectivity index is 1.50. The molecule has 2 amide bonds. The van der Waals surface area contributed by atoms with E-state index in [9.17, 15) is 14.4 Å². The Morgan fingerprint density at radius 1 is 1.29 bits per heavy atom. The Kier molecular flexibility index (Phi) is 6.74. The Morgan fingerprint density at radius 3 is 2.86 bits per heavy atom. The number of aromatic amines is 2. The number of hydrogen-bond donors (Lipinski definition) is 4. The number of aromatic nitrogens is 3. The highest BCUT2D eigenvalue weighted by Crippen LogP contribution is 2.10. The SMILES string of the molecule is O=C(C[C@H]1C(=O)NCCN1C/C=C/c1ccccc1)NCCc1n[nH]c(=O)[nH]1. The summed E-state index contributed by atoms with van der Waals surface area (Å²) in [6, 6.07) is 9.43. The van der Waals surface area contributed by atoms with E-state index in [1.165, 1.54) is 0 Å². The van der Waals surface area contributed by atoms with Gasteiger partial charge in [-0.1, -0.05) is 42.5 Å². The van der Waals surface area contributed by atoms with Crippen LogP contribution in [-0.2, 0) is 16.0 Å². The molecule has 1 aliphatic heterocycles. The molecular weight excluding hydrogens is 360 g/mol. The van der Waals surface area contributed by atoms with Crippen LogP contribution >= 0.6 is 0 Å². The van der Waals surface area contributed by atoms with Crippen LogP contribution in [0.5, 0.6) is 0 Å². The summed E-state index contributed by atoms with van der Waals surface area (Å²) in [6.07, 6.45) is 4.51. The molecule has 1 atom stereocenters. The van der Waals surface area contributed by atoms with Gasteiger partial charge in [0.05, 0.1) is 12.5 Å². The fraction of sp³-hybridized carbons (Fsp3) is 0.368. The van der Waals surface area contributed by atoms with E-state index < -0.39 is 6.04 Å². The van der Waals surface area contributed by atoms with E-state index in [0.29, 0.717) is 38.4 Å². The molecule has 9 nitrogen and oxygen atoms in total. The van der Waals surface area contributed by atoms with Crippen LogP contribution in [0.1, 0.15) is 17.8 Å². The molecule has 3 rings (SSSR count). The van der Waals surface area contributed by atoms with Gasteiger partial charge in [0.15, 0.2) is 0 Å². The summed E-state index contributed by atoms with van der Waals surface area (Å²) in [7, 11) is 0. The quantitative estimate of drug-likeness (QED) is 0.496. The van der Waals surface area contributed by atoms with Crippen LogP contribution in [0.25, 0.3) is 6.08 Å². The van der Waals surface area contributed by atoms with E-state index in [1.54, 1.807) is 0 Å². The predicted molar refractivity (Wildman–Crippen MR) is 104 cm³/mol. The lowest BCUT2D eigenvalue weighted by molar-refractivity contribution is -0.133. The number of hydrogen-bond acceptors (Lipinski definition) is 5. The third kappa shape index (κ3) is 5.65. The number of rotatable bonds is 8. The summed E-state index contributed by atoms with van der Waals surface area (Å²) in [5.74, 6) is 0.136. The van der Waals surface area contributed by atoms with Gasteiger partial charge < -0.3 is 10.6 Å². The minimum absolute atomic E-state index is 0.0854. The monoisotopic (exact) mass is 384 g/mol. The van der Waals surface area contributed by atoms with Gasteiger partial charge in [-0.25, -0.2) is 9.89 Å². The number of amides is 2. The highest BCUT2D eigenvalue weighted by atomic mass is 16.2. The molecule has 0 aliphatic carbocycles. The van der Waals surface area contributed by atoms with Crippen LogP contribution in [0.3, 0.4) is 0 Å². The highest BCUT2D eigenvalue weighted by Gasteiger charge is 2.30. The van der Waals surface area contributed by atoms with Gasteiger partial charge in [-0.3, -0.25) is 19.5 Å². The van der Waals surface area contributed by atoms with Crippen molar-refractivity contribution >= 4 is 17.9 Å². The summed E-state index contributed by atoms with van der Waals surface area (Å²) < 4.78 is 0. The minimum Gasteiger partial charge on any atom is -0.356 e. The number of H-pyrrole nitrogens is 2. The zero-order valence-electron chi connectivity index (χ0n) is 15.5. The lowest BCUT2D eigenvalue weighted by atomic mass is 10.1. The van der Waals surface area contributed by atoms with Crippen LogP contribution in [-0.4, -0.2) is 64.1 Å². The van der Waals surface area contributed by atoms with Gasteiger partial charge in [-0.15, -0.1) is 0 Å². The number of carbonyl (C=O) groups excluding carboxylic acids is 2. The topological polar surface area (TPSA) is 123 Å². The maximum absolute atomic E-state index is 12.3. The zero-order chi connectivity index (χ0) is 19.8. The van der Waals surface area contributed by atoms with Crippen molar-refractivity contribution in [2.24, 2.45) is 0 Å². The van der Waals surface area contributed by atoms with Gasteiger partial charge in [-0.2, -0.15) is 5.10 Å². The van der Waals surface area contributed by atoms with Crippen LogP contribution in [0.4, 0.5) is 0 Å². The van der Waals surface area contributed by atoms with Crippen molar-refractivity contribution in [3.63, 3.8) is 0 Å². The molecule has 1 aromatic heterocycles. The second-order valence-corrected chi connectivity index (χ2v) is 6.54. The number of benzene rings is 1. The summed E-state index contributed by atoms with van der Waals surface area (Å²) in [5, 5.41) is 11.7. The maximum atomic E-state index is 12.3. The molecule has 4 N–H and O–H groups in total. The average Bonchev–Trinajstić information content (AvgIpc) is 3.10. The number of carbonyl (C=O) groups is 2. The molecule has 0 unspecified atom stereocenters. The fourth-order valence-electron chi connectivity index (χ4n) is 3.08. The summed E-state index contributed by atoms with van der Waals surface area (Å²) in [5.41, 5.74) is 0.717. The Bertz CT molecular complexity index is 873. The van der Waals surface area contributed by atoms with E-state index in [2.05, 4.69) is 25.8 Å². The number of piperazine rings is 1. The third-order valence-electron chi connectivity index (χ3n) is 4.50. The van der Waals surface area contributed by atoms with E-state index in [0.717, 1.165) is 5.56 Å². The van der Waals surface area contributed by atoms with Crippen molar-refractivity contribution in [1.82, 2.24) is 30.7 Å². The van der Waals surface area contributed by atoms with Gasteiger partial charge in [0.1, 0.15) is 5.82 Å². The fourth-order valence-corrected chi connectivity index (χ4v) is 3.08. The van der Waals surface area contributed by atoms with E-state index in [-0.39, 0.29) is 23.9 Å². The van der Waals surface area contributed by atoms with E-state index in [1.807, 2.05) is 47.4 Å². The van der Waals surface area contributed by atoms with Crippen LogP contribution in [0.15, 0.2) is 41.2 Å². The largest absolute Gasteiger partial charge is 0.356 e. The first-order valence-corrected chi connectivity index (χ1v) is 9.25. The molecule has 1 saturated heterocycles. The van der Waals surface area contributed by atoms with Gasteiger partial charge in [0, 0.05) is 32.6 Å². The van der Waals surface area contributed by atoms with E-state index in [4.69, 9.17) is 0 Å². The number of nitrogens with one attached hydrogen (secondary N) is 4. The Labute approximate surface area is 162 Å².